The van der Waals surface area contributed by atoms with Crippen LogP contribution >= 0.6 is 0 Å². The van der Waals surface area contributed by atoms with Gasteiger partial charge in [-0.1, -0.05) is 0 Å². The number of nitrogens with zero attached hydrogens (tertiary/aromatic N) is 4. The average molecular weight is 482 g/mol. The molecule has 0 unspecified atom stereocenters. The summed E-state index contributed by atoms with van der Waals surface area (Å²) in [6.07, 6.45) is 1.32. The molecule has 2 N–H and O–H groups in total. The molecule has 186 valence electrons. The first-order chi connectivity index (χ1) is 16.1. The summed E-state index contributed by atoms with van der Waals surface area (Å²) in [5.74, 6) is 1.78. The van der Waals surface area contributed by atoms with Crippen LogP contribution in [-0.4, -0.2) is 70.3 Å². The number of hydrogen-bond acceptors (Lipinski definition) is 5. The Morgan fingerprint density at radius 1 is 1.06 bits per heavy atom. The largest absolute Gasteiger partial charge is 0.464 e. The summed E-state index contributed by atoms with van der Waals surface area (Å²) < 4.78 is 38.2. The molecule has 0 radical (unpaired) electrons. The Balaban J connectivity index is 1.15. The van der Waals surface area contributed by atoms with E-state index < -0.39 is 23.4 Å². The van der Waals surface area contributed by atoms with Crippen LogP contribution in [0.5, 0.6) is 0 Å². The van der Waals surface area contributed by atoms with E-state index in [0.717, 1.165) is 31.5 Å². The van der Waals surface area contributed by atoms with Gasteiger partial charge in [0, 0.05) is 32.4 Å². The molecule has 6 rings (SSSR count). The quantitative estimate of drug-likeness (QED) is 0.643. The van der Waals surface area contributed by atoms with Crippen LogP contribution in [0.2, 0.25) is 0 Å². The van der Waals surface area contributed by atoms with E-state index >= 15 is 0 Å². The topological polar surface area (TPSA) is 89.0 Å². The number of hydrogen-bond donors (Lipinski definition) is 2. The molecule has 1 aliphatic heterocycles. The maximum atomic E-state index is 12.8. The zero-order chi connectivity index (χ0) is 24.1. The number of hydrazine groups is 1. The third-order valence-electron chi connectivity index (χ3n) is 8.05. The summed E-state index contributed by atoms with van der Waals surface area (Å²) >= 11 is 0. The highest BCUT2D eigenvalue weighted by Crippen LogP contribution is 2.57. The summed E-state index contributed by atoms with van der Waals surface area (Å²) in [7, 11) is 0. The minimum atomic E-state index is -4.42. The SMILES string of the molecule is O=C(CN1CCN(c2ccc(C(F)(F)F)cn2)CC1)NN(C(=O)O)C12CC3CC(CC(C3)C1)C2. The van der Waals surface area contributed by atoms with E-state index in [-0.39, 0.29) is 12.5 Å². The molecule has 1 aromatic rings. The molecular formula is C23H30F3N5O3. The number of halogens is 3. The van der Waals surface area contributed by atoms with Gasteiger partial charge in [-0.05, 0) is 68.4 Å². The van der Waals surface area contributed by atoms with Crippen LogP contribution in [0.25, 0.3) is 0 Å². The molecule has 1 saturated heterocycles. The number of pyridine rings is 1. The minimum absolute atomic E-state index is 0.0738. The van der Waals surface area contributed by atoms with Crippen molar-refractivity contribution in [3.8, 4) is 0 Å². The fourth-order valence-electron chi connectivity index (χ4n) is 6.95. The molecule has 4 bridgehead atoms. The highest BCUT2D eigenvalue weighted by Gasteiger charge is 2.55. The maximum absolute atomic E-state index is 12.8. The second-order valence-corrected chi connectivity index (χ2v) is 10.5. The lowest BCUT2D eigenvalue weighted by atomic mass is 9.53. The molecule has 2 heterocycles. The Bertz CT molecular complexity index is 895. The fourth-order valence-corrected chi connectivity index (χ4v) is 6.95. The molecule has 2 amide bonds. The highest BCUT2D eigenvalue weighted by molar-refractivity contribution is 5.80. The summed E-state index contributed by atoms with van der Waals surface area (Å²) in [5.41, 5.74) is 1.44. The summed E-state index contributed by atoms with van der Waals surface area (Å²) in [4.78, 5) is 32.7. The molecule has 0 atom stereocenters. The second kappa shape index (κ2) is 8.58. The Kier molecular flexibility index (Phi) is 5.86. The number of rotatable bonds is 4. The maximum Gasteiger partial charge on any atom is 0.426 e. The number of alkyl halides is 3. The van der Waals surface area contributed by atoms with Crippen LogP contribution < -0.4 is 10.3 Å². The van der Waals surface area contributed by atoms with Crippen molar-refractivity contribution in [2.75, 3.05) is 37.6 Å². The van der Waals surface area contributed by atoms with Crippen LogP contribution in [0, 0.1) is 17.8 Å². The van der Waals surface area contributed by atoms with Gasteiger partial charge >= 0.3 is 12.3 Å². The van der Waals surface area contributed by atoms with Crippen LogP contribution in [0.4, 0.5) is 23.8 Å². The van der Waals surface area contributed by atoms with Crippen molar-refractivity contribution in [2.45, 2.75) is 50.2 Å². The Morgan fingerprint density at radius 2 is 1.65 bits per heavy atom. The molecule has 4 aliphatic carbocycles. The van der Waals surface area contributed by atoms with E-state index in [2.05, 4.69) is 10.4 Å². The number of carbonyl (C=O) groups excluding carboxylic acids is 1. The molecule has 4 saturated carbocycles. The predicted molar refractivity (Wildman–Crippen MR) is 117 cm³/mol. The number of carboxylic acid groups (broad SMARTS) is 1. The van der Waals surface area contributed by atoms with Gasteiger partial charge in [0.2, 0.25) is 0 Å². The van der Waals surface area contributed by atoms with Crippen LogP contribution in [0.3, 0.4) is 0 Å². The van der Waals surface area contributed by atoms with E-state index in [1.807, 2.05) is 9.80 Å². The number of nitrogens with one attached hydrogen (secondary N) is 1. The second-order valence-electron chi connectivity index (χ2n) is 10.5. The van der Waals surface area contributed by atoms with E-state index in [4.69, 9.17) is 0 Å². The summed E-state index contributed by atoms with van der Waals surface area (Å²) in [6.45, 7) is 2.16. The molecule has 5 aliphatic rings. The van der Waals surface area contributed by atoms with Gasteiger partial charge in [-0.3, -0.25) is 15.1 Å². The van der Waals surface area contributed by atoms with Crippen LogP contribution in [-0.2, 0) is 11.0 Å². The monoisotopic (exact) mass is 481 g/mol. The lowest BCUT2D eigenvalue weighted by Gasteiger charge is -2.59. The van der Waals surface area contributed by atoms with Crippen molar-refractivity contribution in [3.63, 3.8) is 0 Å². The van der Waals surface area contributed by atoms with Gasteiger partial charge in [-0.15, -0.1) is 0 Å². The third kappa shape index (κ3) is 4.54. The van der Waals surface area contributed by atoms with Gasteiger partial charge in [0.05, 0.1) is 17.6 Å². The van der Waals surface area contributed by atoms with Crippen molar-refractivity contribution in [3.05, 3.63) is 23.9 Å². The molecule has 34 heavy (non-hydrogen) atoms. The molecule has 0 spiro atoms. The Morgan fingerprint density at radius 3 is 2.12 bits per heavy atom. The molecule has 0 aromatic carbocycles. The van der Waals surface area contributed by atoms with Gasteiger partial charge in [0.25, 0.3) is 5.91 Å². The highest BCUT2D eigenvalue weighted by atomic mass is 19.4. The van der Waals surface area contributed by atoms with Gasteiger partial charge in [-0.2, -0.15) is 13.2 Å². The lowest BCUT2D eigenvalue weighted by molar-refractivity contribution is -0.138. The van der Waals surface area contributed by atoms with Gasteiger partial charge in [-0.25, -0.2) is 14.8 Å². The zero-order valence-electron chi connectivity index (χ0n) is 18.9. The molecule has 1 aromatic heterocycles. The number of amides is 2. The third-order valence-corrected chi connectivity index (χ3v) is 8.05. The fraction of sp³-hybridized carbons (Fsp3) is 0.696. The van der Waals surface area contributed by atoms with E-state index in [0.29, 0.717) is 49.8 Å². The first kappa shape index (κ1) is 23.2. The molecular weight excluding hydrogens is 451 g/mol. The molecule has 5 fully saturated rings. The van der Waals surface area contributed by atoms with Crippen molar-refractivity contribution >= 4 is 17.8 Å². The van der Waals surface area contributed by atoms with Crippen LogP contribution in [0.1, 0.15) is 44.1 Å². The first-order valence-corrected chi connectivity index (χ1v) is 11.9. The predicted octanol–water partition coefficient (Wildman–Crippen LogP) is 3.20. The zero-order valence-corrected chi connectivity index (χ0v) is 18.9. The molecule has 11 heteroatoms. The first-order valence-electron chi connectivity index (χ1n) is 11.9. The number of anilines is 1. The van der Waals surface area contributed by atoms with E-state index in [9.17, 15) is 27.9 Å². The van der Waals surface area contributed by atoms with E-state index in [1.54, 1.807) is 0 Å². The minimum Gasteiger partial charge on any atom is -0.464 e. The van der Waals surface area contributed by atoms with Crippen LogP contribution in [0.15, 0.2) is 18.3 Å². The number of aromatic nitrogens is 1. The normalized spacial score (nSPS) is 30.9. The van der Waals surface area contributed by atoms with Crippen molar-refractivity contribution in [1.29, 1.82) is 0 Å². The standard InChI is InChI=1S/C23H30F3N5O3/c24-23(25,26)18-1-2-19(27-13-18)30-5-3-29(4-6-30)14-20(32)28-31(21(33)34)22-10-15-7-16(11-22)9-17(8-15)12-22/h1-2,13,15-17H,3-12,14H2,(H,28,32)(H,33,34). The van der Waals surface area contributed by atoms with Gasteiger partial charge in [0.1, 0.15) is 5.82 Å². The van der Waals surface area contributed by atoms with Crippen molar-refractivity contribution in [2.24, 2.45) is 17.8 Å². The smallest absolute Gasteiger partial charge is 0.426 e. The average Bonchev–Trinajstić information content (AvgIpc) is 2.76. The summed E-state index contributed by atoms with van der Waals surface area (Å²) in [6, 6.07) is 2.38. The Labute approximate surface area is 196 Å². The van der Waals surface area contributed by atoms with Gasteiger partial charge < -0.3 is 10.0 Å². The number of piperazine rings is 1. The van der Waals surface area contributed by atoms with Crippen molar-refractivity contribution < 1.29 is 27.9 Å². The van der Waals surface area contributed by atoms with Gasteiger partial charge in [0.15, 0.2) is 0 Å². The van der Waals surface area contributed by atoms with Crippen molar-refractivity contribution in [1.82, 2.24) is 20.3 Å². The number of carbonyl (C=O) groups is 2. The van der Waals surface area contributed by atoms with E-state index in [1.165, 1.54) is 30.3 Å². The Hall–Kier alpha value is -2.56. The summed E-state index contributed by atoms with van der Waals surface area (Å²) in [5, 5.41) is 11.1. The molecule has 8 nitrogen and oxygen atoms in total. The lowest BCUT2D eigenvalue weighted by Crippen LogP contribution is -2.66.